The van der Waals surface area contributed by atoms with Crippen molar-refractivity contribution >= 4 is 29.1 Å². The van der Waals surface area contributed by atoms with E-state index in [0.717, 1.165) is 0 Å². The molecule has 0 aliphatic heterocycles. The lowest BCUT2D eigenvalue weighted by Gasteiger charge is -2.16. The fourth-order valence-electron chi connectivity index (χ4n) is 1.74. The van der Waals surface area contributed by atoms with Gasteiger partial charge in [-0.15, -0.1) is 0 Å². The predicted octanol–water partition coefficient (Wildman–Crippen LogP) is 1.48. The van der Waals surface area contributed by atoms with Crippen LogP contribution in [0.25, 0.3) is 0 Å². The molecule has 0 spiro atoms. The Morgan fingerprint density at radius 3 is 2.57 bits per heavy atom. The Kier molecular flexibility index (Phi) is 6.87. The lowest BCUT2D eigenvalue weighted by Crippen LogP contribution is -2.42. The Bertz CT molecular complexity index is 485. The normalized spacial score (nSPS) is 12.0. The number of carbonyl (C=O) groups is 3. The van der Waals surface area contributed by atoms with E-state index in [1.54, 1.807) is 16.8 Å². The van der Waals surface area contributed by atoms with E-state index in [9.17, 15) is 14.4 Å². The van der Waals surface area contributed by atoms with E-state index in [0.29, 0.717) is 12.0 Å². The first kappa shape index (κ1) is 17.2. The fourth-order valence-corrected chi connectivity index (χ4v) is 2.38. The molecule has 1 heterocycles. The number of carboxylic acids is 1. The van der Waals surface area contributed by atoms with E-state index in [4.69, 9.17) is 5.11 Å². The quantitative estimate of drug-likeness (QED) is 0.677. The SMILES string of the molecule is CC(C)C[C@@H](NC(=O)CCNC(=O)c1ccsc1)C(=O)O. The Balaban J connectivity index is 2.32. The summed E-state index contributed by atoms with van der Waals surface area (Å²) in [7, 11) is 0. The zero-order valence-corrected chi connectivity index (χ0v) is 12.9. The summed E-state index contributed by atoms with van der Waals surface area (Å²) in [5.41, 5.74) is 0.559. The third-order valence-electron chi connectivity index (χ3n) is 2.76. The van der Waals surface area contributed by atoms with Crippen molar-refractivity contribution in [2.24, 2.45) is 5.92 Å². The Hall–Kier alpha value is -1.89. The molecular weight excluding hydrogens is 292 g/mol. The maximum Gasteiger partial charge on any atom is 0.326 e. The van der Waals surface area contributed by atoms with Crippen LogP contribution in [-0.2, 0) is 9.59 Å². The number of hydrogen-bond acceptors (Lipinski definition) is 4. The summed E-state index contributed by atoms with van der Waals surface area (Å²) in [6.07, 6.45) is 0.431. The van der Waals surface area contributed by atoms with Gasteiger partial charge < -0.3 is 15.7 Å². The number of thiophene rings is 1. The van der Waals surface area contributed by atoms with Gasteiger partial charge in [-0.1, -0.05) is 13.8 Å². The average Bonchev–Trinajstić information content (AvgIpc) is 2.91. The van der Waals surface area contributed by atoms with Gasteiger partial charge in [-0.3, -0.25) is 9.59 Å². The maximum absolute atomic E-state index is 11.7. The molecule has 0 aromatic carbocycles. The Morgan fingerprint density at radius 1 is 1.33 bits per heavy atom. The minimum atomic E-state index is -1.04. The summed E-state index contributed by atoms with van der Waals surface area (Å²) in [6.45, 7) is 3.96. The monoisotopic (exact) mass is 312 g/mol. The molecule has 0 saturated carbocycles. The molecule has 3 N–H and O–H groups in total. The lowest BCUT2D eigenvalue weighted by atomic mass is 10.0. The first-order chi connectivity index (χ1) is 9.90. The van der Waals surface area contributed by atoms with E-state index >= 15 is 0 Å². The molecule has 0 aliphatic rings. The van der Waals surface area contributed by atoms with Crippen LogP contribution in [-0.4, -0.2) is 35.5 Å². The highest BCUT2D eigenvalue weighted by molar-refractivity contribution is 7.08. The summed E-state index contributed by atoms with van der Waals surface area (Å²) in [6, 6.07) is 0.813. The van der Waals surface area contributed by atoms with E-state index in [1.807, 2.05) is 13.8 Å². The van der Waals surface area contributed by atoms with Crippen LogP contribution in [0.3, 0.4) is 0 Å². The van der Waals surface area contributed by atoms with E-state index in [-0.39, 0.29) is 30.7 Å². The first-order valence-corrected chi connectivity index (χ1v) is 7.67. The topological polar surface area (TPSA) is 95.5 Å². The molecule has 2 amide bonds. The summed E-state index contributed by atoms with van der Waals surface area (Å²) in [5.74, 6) is -1.49. The maximum atomic E-state index is 11.7. The average molecular weight is 312 g/mol. The van der Waals surface area contributed by atoms with Gasteiger partial charge in [0.25, 0.3) is 5.91 Å². The first-order valence-electron chi connectivity index (χ1n) is 6.72. The van der Waals surface area contributed by atoms with Crippen LogP contribution in [0.4, 0.5) is 0 Å². The minimum absolute atomic E-state index is 0.0533. The molecular formula is C14H20N2O4S. The minimum Gasteiger partial charge on any atom is -0.480 e. The molecule has 1 atom stereocenters. The highest BCUT2D eigenvalue weighted by Crippen LogP contribution is 2.06. The number of carbonyl (C=O) groups excluding carboxylic acids is 2. The molecule has 0 bridgehead atoms. The van der Waals surface area contributed by atoms with Gasteiger partial charge in [0.1, 0.15) is 6.04 Å². The molecule has 6 nitrogen and oxygen atoms in total. The van der Waals surface area contributed by atoms with E-state index in [2.05, 4.69) is 10.6 Å². The molecule has 0 radical (unpaired) electrons. The van der Waals surface area contributed by atoms with Crippen molar-refractivity contribution in [3.8, 4) is 0 Å². The van der Waals surface area contributed by atoms with Crippen molar-refractivity contribution in [1.82, 2.24) is 10.6 Å². The van der Waals surface area contributed by atoms with Crippen molar-refractivity contribution < 1.29 is 19.5 Å². The molecule has 0 unspecified atom stereocenters. The zero-order chi connectivity index (χ0) is 15.8. The molecule has 1 aromatic heterocycles. The second-order valence-electron chi connectivity index (χ2n) is 5.11. The predicted molar refractivity (Wildman–Crippen MR) is 80.3 cm³/mol. The van der Waals surface area contributed by atoms with Crippen molar-refractivity contribution in [3.63, 3.8) is 0 Å². The van der Waals surface area contributed by atoms with Gasteiger partial charge in [0.2, 0.25) is 5.91 Å². The molecule has 1 rings (SSSR count). The van der Waals surface area contributed by atoms with Crippen LogP contribution in [0.5, 0.6) is 0 Å². The lowest BCUT2D eigenvalue weighted by molar-refractivity contribution is -0.142. The second-order valence-corrected chi connectivity index (χ2v) is 5.89. The van der Waals surface area contributed by atoms with Crippen molar-refractivity contribution in [2.75, 3.05) is 6.54 Å². The van der Waals surface area contributed by atoms with Gasteiger partial charge >= 0.3 is 5.97 Å². The molecule has 116 valence electrons. The molecule has 1 aromatic rings. The number of nitrogens with one attached hydrogen (secondary N) is 2. The number of amides is 2. The third-order valence-corrected chi connectivity index (χ3v) is 3.44. The van der Waals surface area contributed by atoms with Crippen LogP contribution in [0.1, 0.15) is 37.0 Å². The largest absolute Gasteiger partial charge is 0.480 e. The molecule has 0 aliphatic carbocycles. The Labute approximate surface area is 127 Å². The van der Waals surface area contributed by atoms with Crippen LogP contribution in [0.15, 0.2) is 16.8 Å². The number of rotatable bonds is 8. The van der Waals surface area contributed by atoms with Gasteiger partial charge in [0.15, 0.2) is 0 Å². The van der Waals surface area contributed by atoms with Crippen LogP contribution in [0, 0.1) is 5.92 Å². The van der Waals surface area contributed by atoms with Crippen LogP contribution in [0.2, 0.25) is 0 Å². The summed E-state index contributed by atoms with van der Waals surface area (Å²) in [4.78, 5) is 34.3. The van der Waals surface area contributed by atoms with Crippen molar-refractivity contribution in [1.29, 1.82) is 0 Å². The summed E-state index contributed by atoms with van der Waals surface area (Å²) in [5, 5.41) is 17.6. The van der Waals surface area contributed by atoms with Crippen LogP contribution < -0.4 is 10.6 Å². The zero-order valence-electron chi connectivity index (χ0n) is 12.1. The van der Waals surface area contributed by atoms with Gasteiger partial charge in [-0.2, -0.15) is 11.3 Å². The molecule has 7 heteroatoms. The Morgan fingerprint density at radius 2 is 2.05 bits per heavy atom. The molecule has 21 heavy (non-hydrogen) atoms. The molecule has 0 fully saturated rings. The van der Waals surface area contributed by atoms with Crippen LogP contribution >= 0.6 is 11.3 Å². The van der Waals surface area contributed by atoms with E-state index in [1.165, 1.54) is 11.3 Å². The van der Waals surface area contributed by atoms with Crippen molar-refractivity contribution in [3.05, 3.63) is 22.4 Å². The summed E-state index contributed by atoms with van der Waals surface area (Å²) < 4.78 is 0. The fraction of sp³-hybridized carbons (Fsp3) is 0.500. The van der Waals surface area contributed by atoms with Gasteiger partial charge in [-0.05, 0) is 23.8 Å². The number of hydrogen-bond donors (Lipinski definition) is 3. The standard InChI is InChI=1S/C14H20N2O4S/c1-9(2)7-11(14(19)20)16-12(17)3-5-15-13(18)10-4-6-21-8-10/h4,6,8-9,11H,3,5,7H2,1-2H3,(H,15,18)(H,16,17)(H,19,20)/t11-/m1/s1. The number of aliphatic carboxylic acids is 1. The number of carboxylic acid groups (broad SMARTS) is 1. The molecule has 0 saturated heterocycles. The second kappa shape index (κ2) is 8.41. The van der Waals surface area contributed by atoms with Gasteiger partial charge in [0.05, 0.1) is 0 Å². The third kappa shape index (κ3) is 6.40. The smallest absolute Gasteiger partial charge is 0.326 e. The van der Waals surface area contributed by atoms with Crippen molar-refractivity contribution in [2.45, 2.75) is 32.7 Å². The van der Waals surface area contributed by atoms with Gasteiger partial charge in [0, 0.05) is 23.9 Å². The van der Waals surface area contributed by atoms with Gasteiger partial charge in [-0.25, -0.2) is 4.79 Å². The van der Waals surface area contributed by atoms with E-state index < -0.39 is 12.0 Å². The summed E-state index contributed by atoms with van der Waals surface area (Å²) >= 11 is 1.42. The highest BCUT2D eigenvalue weighted by atomic mass is 32.1. The highest BCUT2D eigenvalue weighted by Gasteiger charge is 2.20.